The van der Waals surface area contributed by atoms with E-state index in [1.54, 1.807) is 6.92 Å². The summed E-state index contributed by atoms with van der Waals surface area (Å²) in [5.74, 6) is -0.513. The van der Waals surface area contributed by atoms with Gasteiger partial charge in [0.25, 0.3) is 0 Å². The summed E-state index contributed by atoms with van der Waals surface area (Å²) in [6, 6.07) is -0.368. The minimum Gasteiger partial charge on any atom is -0.462 e. The molecule has 8 nitrogen and oxygen atoms in total. The number of nitrogens with zero attached hydrogens (tertiary/aromatic N) is 1. The molecule has 2 aliphatic heterocycles. The van der Waals surface area contributed by atoms with Gasteiger partial charge in [0.05, 0.1) is 23.7 Å². The standard InChI is InChI=1S/C26H49NO7/c1-16-11-18(3)33-22(12-16)34-21-9-10-25(6,30)13-17(2)14-27(8)20(5)23(28)26(7,31)15-32-24(29)19(21)4/h16-23,28,30-31H,9-15H2,1-8H3/t16?,17-,18?,19?,20?,21+,22+,23?,25?,26-/m1/s1. The maximum absolute atomic E-state index is 13.0. The van der Waals surface area contributed by atoms with E-state index in [0.717, 1.165) is 12.8 Å². The lowest BCUT2D eigenvalue weighted by Crippen LogP contribution is -2.55. The molecule has 0 radical (unpaired) electrons. The van der Waals surface area contributed by atoms with Gasteiger partial charge in [0.15, 0.2) is 6.29 Å². The van der Waals surface area contributed by atoms with Crippen LogP contribution in [-0.2, 0) is 19.0 Å². The van der Waals surface area contributed by atoms with Gasteiger partial charge in [-0.2, -0.15) is 0 Å². The van der Waals surface area contributed by atoms with E-state index in [1.807, 2.05) is 32.7 Å². The number of aliphatic hydroxyl groups is 3. The zero-order valence-corrected chi connectivity index (χ0v) is 22.5. The van der Waals surface area contributed by atoms with Crippen molar-refractivity contribution in [2.45, 2.75) is 122 Å². The highest BCUT2D eigenvalue weighted by molar-refractivity contribution is 5.72. The molecule has 0 saturated carbocycles. The number of aliphatic hydroxyl groups excluding tert-OH is 1. The molecule has 200 valence electrons. The predicted molar refractivity (Wildman–Crippen MR) is 130 cm³/mol. The van der Waals surface area contributed by atoms with Crippen LogP contribution in [0.4, 0.5) is 0 Å². The molecule has 3 N–H and O–H groups in total. The summed E-state index contributed by atoms with van der Waals surface area (Å²) >= 11 is 0. The van der Waals surface area contributed by atoms with E-state index in [0.29, 0.717) is 31.7 Å². The maximum Gasteiger partial charge on any atom is 0.311 e. The van der Waals surface area contributed by atoms with Crippen LogP contribution >= 0.6 is 0 Å². The monoisotopic (exact) mass is 487 g/mol. The van der Waals surface area contributed by atoms with E-state index >= 15 is 0 Å². The van der Waals surface area contributed by atoms with Crippen molar-refractivity contribution < 1.29 is 34.3 Å². The zero-order chi connectivity index (χ0) is 25.8. The molecular weight excluding hydrogens is 438 g/mol. The molecule has 2 aliphatic rings. The highest BCUT2D eigenvalue weighted by Crippen LogP contribution is 2.31. The van der Waals surface area contributed by atoms with E-state index in [2.05, 4.69) is 13.8 Å². The van der Waals surface area contributed by atoms with Gasteiger partial charge in [0, 0.05) is 19.0 Å². The van der Waals surface area contributed by atoms with Gasteiger partial charge >= 0.3 is 5.97 Å². The minimum absolute atomic E-state index is 0.0813. The third kappa shape index (κ3) is 8.42. The topological polar surface area (TPSA) is 109 Å². The first-order valence-corrected chi connectivity index (χ1v) is 12.9. The second-order valence-electron chi connectivity index (χ2n) is 11.9. The SMILES string of the molecule is CC1CC(C)O[C@@H](O[C@H]2CCC(C)(O)C[C@@H](C)CN(C)C(C)C(O)[C@](C)(O)COC(=O)C2C)C1. The Morgan fingerprint density at radius 1 is 1.06 bits per heavy atom. The first-order chi connectivity index (χ1) is 15.6. The summed E-state index contributed by atoms with van der Waals surface area (Å²) in [6.07, 6.45) is 1.28. The van der Waals surface area contributed by atoms with Crippen LogP contribution < -0.4 is 0 Å². The quantitative estimate of drug-likeness (QED) is 0.510. The number of hydrogen-bond acceptors (Lipinski definition) is 8. The third-order valence-corrected chi connectivity index (χ3v) is 7.62. The van der Waals surface area contributed by atoms with Crippen molar-refractivity contribution in [2.24, 2.45) is 17.8 Å². The Hall–Kier alpha value is -0.770. The normalized spacial score (nSPS) is 46.9. The molecule has 34 heavy (non-hydrogen) atoms. The molecule has 0 aromatic carbocycles. The highest BCUT2D eigenvalue weighted by Gasteiger charge is 2.40. The molecule has 6 unspecified atom stereocenters. The Bertz CT molecular complexity index is 645. The molecule has 10 atom stereocenters. The first kappa shape index (κ1) is 29.5. The Morgan fingerprint density at radius 3 is 2.32 bits per heavy atom. The molecule has 2 rings (SSSR count). The summed E-state index contributed by atoms with van der Waals surface area (Å²) < 4.78 is 17.8. The summed E-state index contributed by atoms with van der Waals surface area (Å²) in [7, 11) is 1.89. The largest absolute Gasteiger partial charge is 0.462 e. The zero-order valence-electron chi connectivity index (χ0n) is 22.5. The number of carbonyl (C=O) groups is 1. The molecule has 0 aliphatic carbocycles. The molecule has 0 aromatic rings. The minimum atomic E-state index is -1.61. The van der Waals surface area contributed by atoms with Crippen molar-refractivity contribution in [2.75, 3.05) is 20.2 Å². The van der Waals surface area contributed by atoms with Gasteiger partial charge < -0.3 is 34.4 Å². The molecule has 8 heteroatoms. The van der Waals surface area contributed by atoms with Crippen LogP contribution in [0.25, 0.3) is 0 Å². The number of hydrogen-bond donors (Lipinski definition) is 3. The lowest BCUT2D eigenvalue weighted by molar-refractivity contribution is -0.232. The average Bonchev–Trinajstić information content (AvgIpc) is 2.71. The summed E-state index contributed by atoms with van der Waals surface area (Å²) in [5, 5.41) is 32.9. The fourth-order valence-corrected chi connectivity index (χ4v) is 5.46. The van der Waals surface area contributed by atoms with Gasteiger partial charge in [-0.25, -0.2) is 0 Å². The molecule has 2 fully saturated rings. The Labute approximate surface area is 205 Å². The lowest BCUT2D eigenvalue weighted by atomic mass is 9.86. The molecular formula is C26H49NO7. The average molecular weight is 488 g/mol. The van der Waals surface area contributed by atoms with Gasteiger partial charge in [0.1, 0.15) is 18.3 Å². The smallest absolute Gasteiger partial charge is 0.311 e. The van der Waals surface area contributed by atoms with Crippen LogP contribution in [0, 0.1) is 17.8 Å². The van der Waals surface area contributed by atoms with Crippen molar-refractivity contribution in [3.05, 3.63) is 0 Å². The van der Waals surface area contributed by atoms with E-state index in [4.69, 9.17) is 14.2 Å². The molecule has 0 bridgehead atoms. The van der Waals surface area contributed by atoms with Crippen molar-refractivity contribution in [3.8, 4) is 0 Å². The number of rotatable bonds is 2. The van der Waals surface area contributed by atoms with Gasteiger partial charge in [-0.1, -0.05) is 13.8 Å². The van der Waals surface area contributed by atoms with Gasteiger partial charge in [-0.15, -0.1) is 0 Å². The molecule has 2 saturated heterocycles. The van der Waals surface area contributed by atoms with Crippen molar-refractivity contribution in [3.63, 3.8) is 0 Å². The van der Waals surface area contributed by atoms with Gasteiger partial charge in [-0.05, 0) is 79.2 Å². The summed E-state index contributed by atoms with van der Waals surface area (Å²) in [5.41, 5.74) is -2.54. The second-order valence-corrected chi connectivity index (χ2v) is 11.9. The van der Waals surface area contributed by atoms with Crippen LogP contribution in [0.15, 0.2) is 0 Å². The van der Waals surface area contributed by atoms with Gasteiger partial charge in [-0.3, -0.25) is 4.79 Å². The van der Waals surface area contributed by atoms with E-state index in [9.17, 15) is 20.1 Å². The molecule has 0 spiro atoms. The van der Waals surface area contributed by atoms with Crippen LogP contribution in [0.2, 0.25) is 0 Å². The van der Waals surface area contributed by atoms with Crippen LogP contribution in [0.1, 0.15) is 80.6 Å². The fourth-order valence-electron chi connectivity index (χ4n) is 5.46. The second kappa shape index (κ2) is 12.0. The Morgan fingerprint density at radius 2 is 1.71 bits per heavy atom. The van der Waals surface area contributed by atoms with E-state index in [1.165, 1.54) is 6.92 Å². The molecule has 0 amide bonds. The van der Waals surface area contributed by atoms with Crippen LogP contribution in [0.3, 0.4) is 0 Å². The number of cyclic esters (lactones) is 1. The van der Waals surface area contributed by atoms with E-state index < -0.39 is 41.6 Å². The third-order valence-electron chi connectivity index (χ3n) is 7.62. The summed E-state index contributed by atoms with van der Waals surface area (Å²) in [6.45, 7) is 13.5. The van der Waals surface area contributed by atoms with Crippen LogP contribution in [-0.4, -0.2) is 88.2 Å². The summed E-state index contributed by atoms with van der Waals surface area (Å²) in [4.78, 5) is 14.9. The van der Waals surface area contributed by atoms with Crippen molar-refractivity contribution in [1.82, 2.24) is 4.90 Å². The molecule has 2 heterocycles. The lowest BCUT2D eigenvalue weighted by Gasteiger charge is -2.38. The fraction of sp³-hybridized carbons (Fsp3) is 0.962. The number of carbonyl (C=O) groups excluding carboxylic acids is 1. The van der Waals surface area contributed by atoms with Gasteiger partial charge in [0.2, 0.25) is 0 Å². The number of likely N-dealkylation sites (N-methyl/N-ethyl adjacent to an activating group) is 1. The maximum atomic E-state index is 13.0. The van der Waals surface area contributed by atoms with E-state index in [-0.39, 0.29) is 24.7 Å². The predicted octanol–water partition coefficient (Wildman–Crippen LogP) is 2.72. The van der Waals surface area contributed by atoms with Crippen molar-refractivity contribution in [1.29, 1.82) is 0 Å². The first-order valence-electron chi connectivity index (χ1n) is 12.9. The Kier molecular flexibility index (Phi) is 10.4. The number of esters is 1. The van der Waals surface area contributed by atoms with Crippen molar-refractivity contribution >= 4 is 5.97 Å². The Balaban J connectivity index is 2.25. The highest BCUT2D eigenvalue weighted by atomic mass is 16.7. The van der Waals surface area contributed by atoms with Crippen LogP contribution in [0.5, 0.6) is 0 Å². The molecule has 0 aromatic heterocycles. The number of ether oxygens (including phenoxy) is 3.